The maximum atomic E-state index is 10.4. The van der Waals surface area contributed by atoms with Crippen molar-refractivity contribution in [3.05, 3.63) is 89.7 Å². The molecule has 2 heterocycles. The molecule has 6 nitrogen and oxygen atoms in total. The fourth-order valence-corrected chi connectivity index (χ4v) is 5.30. The van der Waals surface area contributed by atoms with Gasteiger partial charge in [0.25, 0.3) is 0 Å². The van der Waals surface area contributed by atoms with Crippen molar-refractivity contribution >= 4 is 0 Å². The number of rotatable bonds is 12. The number of aromatic hydroxyl groups is 1. The molecule has 1 aliphatic heterocycles. The van der Waals surface area contributed by atoms with E-state index in [9.17, 15) is 5.11 Å². The lowest BCUT2D eigenvalue weighted by atomic mass is 9.84. The summed E-state index contributed by atoms with van der Waals surface area (Å²) in [7, 11) is 3.44. The van der Waals surface area contributed by atoms with Crippen molar-refractivity contribution in [1.82, 2.24) is 14.8 Å². The van der Waals surface area contributed by atoms with Crippen molar-refractivity contribution in [1.29, 1.82) is 0 Å². The number of piperidine rings is 1. The molecule has 1 atom stereocenters. The van der Waals surface area contributed by atoms with Gasteiger partial charge < -0.3 is 14.6 Å². The van der Waals surface area contributed by atoms with Gasteiger partial charge in [0.05, 0.1) is 13.7 Å². The first-order valence-electron chi connectivity index (χ1n) is 12.9. The highest BCUT2D eigenvalue weighted by Crippen LogP contribution is 2.30. The second-order valence-corrected chi connectivity index (χ2v) is 9.69. The van der Waals surface area contributed by atoms with Crippen LogP contribution in [0.15, 0.2) is 73.1 Å². The molecule has 6 heteroatoms. The molecule has 2 aromatic carbocycles. The van der Waals surface area contributed by atoms with Crippen LogP contribution in [0.5, 0.6) is 11.5 Å². The summed E-state index contributed by atoms with van der Waals surface area (Å²) in [5.41, 5.74) is 3.53. The molecule has 0 bridgehead atoms. The van der Waals surface area contributed by atoms with Crippen molar-refractivity contribution < 1.29 is 14.6 Å². The lowest BCUT2D eigenvalue weighted by Crippen LogP contribution is -2.47. The van der Waals surface area contributed by atoms with Crippen molar-refractivity contribution in [2.24, 2.45) is 5.92 Å². The van der Waals surface area contributed by atoms with Crippen LogP contribution in [-0.2, 0) is 24.2 Å². The zero-order chi connectivity index (χ0) is 25.2. The molecule has 1 aromatic heterocycles. The molecule has 0 radical (unpaired) electrons. The molecule has 0 spiro atoms. The van der Waals surface area contributed by atoms with E-state index in [1.54, 1.807) is 26.4 Å². The third kappa shape index (κ3) is 7.29. The lowest BCUT2D eigenvalue weighted by molar-refractivity contribution is 0.0569. The molecular formula is C30H39N3O3. The molecule has 192 valence electrons. The minimum absolute atomic E-state index is 0.335. The Morgan fingerprint density at radius 1 is 1.03 bits per heavy atom. The van der Waals surface area contributed by atoms with Gasteiger partial charge in [0.1, 0.15) is 11.5 Å². The smallest absolute Gasteiger partial charge is 0.120 e. The molecule has 1 aliphatic rings. The van der Waals surface area contributed by atoms with Gasteiger partial charge in [0.2, 0.25) is 0 Å². The predicted molar refractivity (Wildman–Crippen MR) is 143 cm³/mol. The summed E-state index contributed by atoms with van der Waals surface area (Å²) in [6.45, 7) is 5.23. The van der Waals surface area contributed by atoms with Gasteiger partial charge in [-0.3, -0.25) is 14.8 Å². The van der Waals surface area contributed by atoms with E-state index in [0.29, 0.717) is 24.3 Å². The van der Waals surface area contributed by atoms with Gasteiger partial charge in [-0.25, -0.2) is 0 Å². The number of phenols is 1. The van der Waals surface area contributed by atoms with E-state index in [-0.39, 0.29) is 0 Å². The monoisotopic (exact) mass is 489 g/mol. The summed E-state index contributed by atoms with van der Waals surface area (Å²) in [6.07, 6.45) is 7.08. The van der Waals surface area contributed by atoms with Crippen LogP contribution in [0.4, 0.5) is 0 Å². The van der Waals surface area contributed by atoms with E-state index in [0.717, 1.165) is 63.3 Å². The number of methoxy groups -OCH3 is 2. The van der Waals surface area contributed by atoms with Crippen LogP contribution in [0.1, 0.15) is 29.5 Å². The number of ether oxygens (including phenoxy) is 2. The zero-order valence-electron chi connectivity index (χ0n) is 21.6. The Hall–Kier alpha value is -2.93. The van der Waals surface area contributed by atoms with Crippen molar-refractivity contribution in [3.63, 3.8) is 0 Å². The van der Waals surface area contributed by atoms with Crippen LogP contribution in [0.3, 0.4) is 0 Å². The molecule has 36 heavy (non-hydrogen) atoms. The number of benzene rings is 2. The van der Waals surface area contributed by atoms with E-state index >= 15 is 0 Å². The number of aromatic nitrogens is 1. The average molecular weight is 490 g/mol. The molecule has 0 saturated carbocycles. The summed E-state index contributed by atoms with van der Waals surface area (Å²) in [4.78, 5) is 9.40. The number of pyridine rings is 1. The van der Waals surface area contributed by atoms with Crippen LogP contribution >= 0.6 is 0 Å². The summed E-state index contributed by atoms with van der Waals surface area (Å²) >= 11 is 0. The molecule has 3 aromatic rings. The fourth-order valence-electron chi connectivity index (χ4n) is 5.30. The molecule has 4 rings (SSSR count). The highest BCUT2D eigenvalue weighted by atomic mass is 16.5. The first kappa shape index (κ1) is 26.1. The second kappa shape index (κ2) is 13.4. The van der Waals surface area contributed by atoms with Gasteiger partial charge in [-0.2, -0.15) is 0 Å². The van der Waals surface area contributed by atoms with Gasteiger partial charge in [-0.15, -0.1) is 0 Å². The summed E-state index contributed by atoms with van der Waals surface area (Å²) < 4.78 is 10.9. The second-order valence-electron chi connectivity index (χ2n) is 9.69. The van der Waals surface area contributed by atoms with E-state index in [1.165, 1.54) is 11.1 Å². The van der Waals surface area contributed by atoms with E-state index in [1.807, 2.05) is 24.5 Å². The third-order valence-corrected chi connectivity index (χ3v) is 7.30. The maximum absolute atomic E-state index is 10.4. The summed E-state index contributed by atoms with van der Waals surface area (Å²) in [5, 5.41) is 10.4. The lowest BCUT2D eigenvalue weighted by Gasteiger charge is -2.41. The Balaban J connectivity index is 1.48. The van der Waals surface area contributed by atoms with Crippen LogP contribution in [0.2, 0.25) is 0 Å². The number of likely N-dealkylation sites (tertiary alicyclic amines) is 1. The van der Waals surface area contributed by atoms with Crippen molar-refractivity contribution in [3.8, 4) is 11.5 Å². The number of nitrogens with zero attached hydrogens (tertiary/aromatic N) is 3. The zero-order valence-corrected chi connectivity index (χ0v) is 21.6. The van der Waals surface area contributed by atoms with Crippen molar-refractivity contribution in [2.75, 3.05) is 40.5 Å². The summed E-state index contributed by atoms with van der Waals surface area (Å²) in [5.74, 6) is 1.70. The molecule has 0 unspecified atom stereocenters. The van der Waals surface area contributed by atoms with Gasteiger partial charge in [-0.05, 0) is 73.7 Å². The fraction of sp³-hybridized carbons (Fsp3) is 0.433. The van der Waals surface area contributed by atoms with Crippen LogP contribution < -0.4 is 4.74 Å². The van der Waals surface area contributed by atoms with E-state index < -0.39 is 0 Å². The largest absolute Gasteiger partial charge is 0.508 e. The molecule has 1 fully saturated rings. The van der Waals surface area contributed by atoms with Gasteiger partial charge in [-0.1, -0.05) is 36.4 Å². The Bertz CT molecular complexity index is 1040. The Morgan fingerprint density at radius 2 is 1.81 bits per heavy atom. The molecule has 0 amide bonds. The van der Waals surface area contributed by atoms with Gasteiger partial charge >= 0.3 is 0 Å². The van der Waals surface area contributed by atoms with Gasteiger partial charge in [0.15, 0.2) is 0 Å². The SMILES string of the molecule is COCCN(Cc1cccnc1)[C@H](Cc1ccccc1)C1CCN(Cc2cc(OC)ccc2O)CC1. The maximum Gasteiger partial charge on any atom is 0.120 e. The first-order valence-corrected chi connectivity index (χ1v) is 12.9. The van der Waals surface area contributed by atoms with Crippen LogP contribution in [0.25, 0.3) is 0 Å². The Morgan fingerprint density at radius 3 is 2.50 bits per heavy atom. The van der Waals surface area contributed by atoms with E-state index in [2.05, 4.69) is 51.2 Å². The summed E-state index contributed by atoms with van der Waals surface area (Å²) in [6, 6.07) is 20.9. The third-order valence-electron chi connectivity index (χ3n) is 7.30. The first-order chi connectivity index (χ1) is 17.7. The van der Waals surface area contributed by atoms with Crippen LogP contribution in [0, 0.1) is 5.92 Å². The molecule has 1 saturated heterocycles. The quantitative estimate of drug-likeness (QED) is 0.396. The average Bonchev–Trinajstić information content (AvgIpc) is 2.93. The van der Waals surface area contributed by atoms with Gasteiger partial charge in [0, 0.05) is 50.7 Å². The molecule has 1 N–H and O–H groups in total. The number of hydrogen-bond acceptors (Lipinski definition) is 6. The standard InChI is InChI=1S/C30H39N3O3/c1-35-18-17-33(22-25-9-6-14-31-21-25)29(19-24-7-4-3-5-8-24)26-12-15-32(16-13-26)23-27-20-28(36-2)10-11-30(27)34/h3-11,14,20-21,26,29,34H,12-13,15-19,22-23H2,1-2H3/t29-/m1/s1. The molecule has 0 aliphatic carbocycles. The van der Waals surface area contributed by atoms with Crippen molar-refractivity contribution in [2.45, 2.75) is 38.4 Å². The normalized spacial score (nSPS) is 15.8. The topological polar surface area (TPSA) is 58.1 Å². The van der Waals surface area contributed by atoms with Crippen LogP contribution in [-0.4, -0.2) is 66.4 Å². The highest BCUT2D eigenvalue weighted by molar-refractivity contribution is 5.39. The Kier molecular flexibility index (Phi) is 9.73. The predicted octanol–water partition coefficient (Wildman–Crippen LogP) is 4.77. The molecular weight excluding hydrogens is 450 g/mol. The minimum atomic E-state index is 0.335. The highest BCUT2D eigenvalue weighted by Gasteiger charge is 2.31. The van der Waals surface area contributed by atoms with E-state index in [4.69, 9.17) is 9.47 Å². The minimum Gasteiger partial charge on any atom is -0.508 e. The number of hydrogen-bond donors (Lipinski definition) is 1. The number of phenolic OH excluding ortho intramolecular Hbond substituents is 1. The Labute approximate surface area is 215 Å².